The number of methoxy groups -OCH3 is 3. The van der Waals surface area contributed by atoms with E-state index in [4.69, 9.17) is 14.2 Å². The van der Waals surface area contributed by atoms with Crippen molar-refractivity contribution in [3.63, 3.8) is 0 Å². The molecule has 0 aromatic rings. The predicted molar refractivity (Wildman–Crippen MR) is 278 cm³/mol. The lowest BCUT2D eigenvalue weighted by Gasteiger charge is -2.61. The Morgan fingerprint density at radius 1 is 0.420 bits per heavy atom. The Kier molecular flexibility index (Phi) is 15.0. The molecule has 23 atom stereocenters. The standard InChI is InChI=1S/2C21H36O2.C21H34O2/c3*1-4-21-12-9-15(22)13-14(21)5-6-16-17-7-8-19(23-3)20(17,2)11-10-18(16)21/h2*14-19,22H,4-13H2,1-3H3;14,16-19H,4-13H2,1-3H3/t2*14-,15+,16-,17-,18-,19-,20-,21-;14-,16-,17-,18-,19-,20-,21-/m000/s1. The van der Waals surface area contributed by atoms with E-state index in [1.165, 1.54) is 154 Å². The van der Waals surface area contributed by atoms with Gasteiger partial charge in [0.1, 0.15) is 5.78 Å². The molecule has 0 unspecified atom stereocenters. The molecule has 12 aliphatic carbocycles. The van der Waals surface area contributed by atoms with Crippen LogP contribution in [0.1, 0.15) is 234 Å². The highest BCUT2D eigenvalue weighted by molar-refractivity contribution is 5.79. The van der Waals surface area contributed by atoms with E-state index in [2.05, 4.69) is 41.5 Å². The lowest BCUT2D eigenvalue weighted by Crippen LogP contribution is -2.55. The average molecular weight is 960 g/mol. The van der Waals surface area contributed by atoms with Crippen molar-refractivity contribution < 1.29 is 29.2 Å². The summed E-state index contributed by atoms with van der Waals surface area (Å²) in [5.41, 5.74) is 2.88. The molecule has 69 heavy (non-hydrogen) atoms. The zero-order valence-corrected chi connectivity index (χ0v) is 46.1. The fourth-order valence-corrected chi connectivity index (χ4v) is 24.1. The third kappa shape index (κ3) is 8.14. The predicted octanol–water partition coefficient (Wildman–Crippen LogP) is 14.6. The Hall–Kier alpha value is -0.530. The highest BCUT2D eigenvalue weighted by Gasteiger charge is 2.64. The van der Waals surface area contributed by atoms with E-state index in [9.17, 15) is 15.0 Å². The van der Waals surface area contributed by atoms with E-state index in [1.54, 1.807) is 0 Å². The van der Waals surface area contributed by atoms with Crippen molar-refractivity contribution >= 4 is 5.78 Å². The molecule has 12 rings (SSSR count). The molecule has 0 amide bonds. The molecule has 12 saturated carbocycles. The van der Waals surface area contributed by atoms with Gasteiger partial charge in [-0.15, -0.1) is 0 Å². The first kappa shape index (κ1) is 51.9. The maximum absolute atomic E-state index is 12.0. The van der Waals surface area contributed by atoms with Crippen LogP contribution in [-0.2, 0) is 19.0 Å². The molecule has 394 valence electrons. The molecule has 0 heterocycles. The second-order valence-corrected chi connectivity index (χ2v) is 28.4. The van der Waals surface area contributed by atoms with Crippen LogP contribution in [0.5, 0.6) is 0 Å². The number of aliphatic hydroxyl groups excluding tert-OH is 2. The van der Waals surface area contributed by atoms with E-state index in [1.807, 2.05) is 21.3 Å². The number of rotatable bonds is 6. The average Bonchev–Trinajstić information content (AvgIpc) is 4.02. The third-order valence-corrected chi connectivity index (χ3v) is 27.4. The Morgan fingerprint density at radius 3 is 1.12 bits per heavy atom. The number of carbonyl (C=O) groups is 1. The first-order valence-corrected chi connectivity index (χ1v) is 30.6. The molecular weight excluding hydrogens is 853 g/mol. The van der Waals surface area contributed by atoms with Crippen molar-refractivity contribution in [2.24, 2.45) is 104 Å². The van der Waals surface area contributed by atoms with Crippen molar-refractivity contribution in [1.29, 1.82) is 0 Å². The van der Waals surface area contributed by atoms with Crippen molar-refractivity contribution in [3.05, 3.63) is 0 Å². The summed E-state index contributed by atoms with van der Waals surface area (Å²) in [6.45, 7) is 14.9. The smallest absolute Gasteiger partial charge is 0.133 e. The summed E-state index contributed by atoms with van der Waals surface area (Å²) in [6.07, 6.45) is 39.7. The molecule has 6 nitrogen and oxygen atoms in total. The summed E-state index contributed by atoms with van der Waals surface area (Å²) in [5.74, 6) is 11.0. The van der Waals surface area contributed by atoms with Crippen molar-refractivity contribution in [2.45, 2.75) is 265 Å². The first-order valence-electron chi connectivity index (χ1n) is 30.6. The maximum Gasteiger partial charge on any atom is 0.133 e. The fraction of sp³-hybridized carbons (Fsp3) is 0.984. The quantitative estimate of drug-likeness (QED) is 0.276. The fourth-order valence-electron chi connectivity index (χ4n) is 24.1. The molecule has 0 aromatic heterocycles. The van der Waals surface area contributed by atoms with Gasteiger partial charge in [-0.2, -0.15) is 0 Å². The second-order valence-electron chi connectivity index (χ2n) is 28.4. The van der Waals surface area contributed by atoms with Gasteiger partial charge in [0.15, 0.2) is 0 Å². The zero-order valence-electron chi connectivity index (χ0n) is 46.1. The van der Waals surface area contributed by atoms with Crippen molar-refractivity contribution in [2.75, 3.05) is 21.3 Å². The van der Waals surface area contributed by atoms with Crippen LogP contribution < -0.4 is 0 Å². The third-order valence-electron chi connectivity index (χ3n) is 27.4. The summed E-state index contributed by atoms with van der Waals surface area (Å²) in [7, 11) is 5.77. The summed E-state index contributed by atoms with van der Waals surface area (Å²) >= 11 is 0. The zero-order chi connectivity index (χ0) is 48.7. The van der Waals surface area contributed by atoms with Gasteiger partial charge in [-0.25, -0.2) is 0 Å². The molecule has 0 aliphatic heterocycles. The molecule has 0 aromatic carbocycles. The summed E-state index contributed by atoms with van der Waals surface area (Å²) in [6, 6.07) is 0. The van der Waals surface area contributed by atoms with Crippen LogP contribution in [0.2, 0.25) is 0 Å². The first-order chi connectivity index (χ1) is 33.1. The molecule has 0 saturated heterocycles. The molecule has 0 spiro atoms. The molecule has 2 N–H and O–H groups in total. The van der Waals surface area contributed by atoms with E-state index in [0.717, 1.165) is 104 Å². The van der Waals surface area contributed by atoms with Crippen LogP contribution in [0, 0.1) is 104 Å². The minimum Gasteiger partial charge on any atom is -0.393 e. The summed E-state index contributed by atoms with van der Waals surface area (Å²) < 4.78 is 17.7. The number of Topliss-reactive ketones (excluding diaryl/α,β-unsaturated/α-hetero) is 1. The minimum absolute atomic E-state index is 0.0190. The Balaban J connectivity index is 0.000000120. The van der Waals surface area contributed by atoms with Gasteiger partial charge in [0.2, 0.25) is 0 Å². The van der Waals surface area contributed by atoms with Crippen LogP contribution in [-0.4, -0.2) is 67.8 Å². The van der Waals surface area contributed by atoms with Gasteiger partial charge < -0.3 is 24.4 Å². The van der Waals surface area contributed by atoms with Gasteiger partial charge in [-0.1, -0.05) is 41.5 Å². The molecule has 12 aliphatic rings. The van der Waals surface area contributed by atoms with Crippen molar-refractivity contribution in [1.82, 2.24) is 0 Å². The summed E-state index contributed by atoms with van der Waals surface area (Å²) in [4.78, 5) is 12.0. The Bertz CT molecular complexity index is 1700. The van der Waals surface area contributed by atoms with Gasteiger partial charge in [0, 0.05) is 34.2 Å². The highest BCUT2D eigenvalue weighted by Crippen LogP contribution is 2.71. The number of fused-ring (bicyclic) bond motifs is 15. The van der Waals surface area contributed by atoms with Gasteiger partial charge in [0.25, 0.3) is 0 Å². The lowest BCUT2D eigenvalue weighted by atomic mass is 9.44. The monoisotopic (exact) mass is 959 g/mol. The van der Waals surface area contributed by atoms with E-state index >= 15 is 0 Å². The van der Waals surface area contributed by atoms with Gasteiger partial charge in [-0.3, -0.25) is 4.79 Å². The second kappa shape index (κ2) is 19.9. The molecule has 6 heteroatoms. The van der Waals surface area contributed by atoms with E-state index in [0.29, 0.717) is 62.5 Å². The number of ketones is 1. The molecule has 0 bridgehead atoms. The highest BCUT2D eigenvalue weighted by atomic mass is 16.5. The van der Waals surface area contributed by atoms with Gasteiger partial charge in [-0.05, 0) is 283 Å². The minimum atomic E-state index is -0.0190. The van der Waals surface area contributed by atoms with Gasteiger partial charge in [0.05, 0.1) is 30.5 Å². The van der Waals surface area contributed by atoms with Crippen LogP contribution >= 0.6 is 0 Å². The van der Waals surface area contributed by atoms with Crippen LogP contribution in [0.3, 0.4) is 0 Å². The van der Waals surface area contributed by atoms with Crippen molar-refractivity contribution in [3.8, 4) is 0 Å². The van der Waals surface area contributed by atoms with Crippen LogP contribution in [0.4, 0.5) is 0 Å². The lowest BCUT2D eigenvalue weighted by molar-refractivity contribution is -0.148. The molecular formula is C63H106O6. The number of hydrogen-bond acceptors (Lipinski definition) is 6. The van der Waals surface area contributed by atoms with E-state index < -0.39 is 0 Å². The SMILES string of the molecule is CC[C@]12CCC(=O)C[C@@H]1CC[C@H]1[C@@H]3CC[C@H](OC)[C@@]3(C)CC[C@@H]12.CC[C@]12CC[C@@H](O)C[C@@H]1CC[C@H]1[C@@H]3CC[C@H](OC)[C@@]3(C)CC[C@@H]12.CC[C@]12CC[C@@H](O)C[C@@H]1CC[C@H]1[C@@H]3CC[C@H](OC)[C@@]3(C)CC[C@@H]12. The normalized spacial score (nSPS) is 54.8. The number of carbonyl (C=O) groups excluding carboxylic acids is 1. The molecule has 12 fully saturated rings. The number of hydrogen-bond donors (Lipinski definition) is 2. The largest absolute Gasteiger partial charge is 0.393 e. The summed E-state index contributed by atoms with van der Waals surface area (Å²) in [5, 5.41) is 20.4. The Morgan fingerprint density at radius 2 is 0.768 bits per heavy atom. The Labute approximate surface area is 422 Å². The van der Waals surface area contributed by atoms with Gasteiger partial charge >= 0.3 is 0 Å². The molecule has 0 radical (unpaired) electrons. The number of ether oxygens (including phenoxy) is 3. The van der Waals surface area contributed by atoms with Crippen LogP contribution in [0.25, 0.3) is 0 Å². The van der Waals surface area contributed by atoms with E-state index in [-0.39, 0.29) is 12.2 Å². The topological polar surface area (TPSA) is 85.2 Å². The number of aliphatic hydroxyl groups is 2. The maximum atomic E-state index is 12.0. The van der Waals surface area contributed by atoms with Crippen LogP contribution in [0.15, 0.2) is 0 Å².